The van der Waals surface area contributed by atoms with Crippen molar-refractivity contribution in [2.24, 2.45) is 0 Å². The van der Waals surface area contributed by atoms with Gasteiger partial charge < -0.3 is 13.9 Å². The van der Waals surface area contributed by atoms with E-state index in [-0.39, 0.29) is 17.8 Å². The van der Waals surface area contributed by atoms with Gasteiger partial charge in [-0.3, -0.25) is 10.1 Å². The van der Waals surface area contributed by atoms with Gasteiger partial charge in [0.05, 0.1) is 5.56 Å². The van der Waals surface area contributed by atoms with E-state index in [1.54, 1.807) is 12.1 Å². The van der Waals surface area contributed by atoms with Crippen LogP contribution in [0.4, 0.5) is 6.01 Å². The Hall–Kier alpha value is -2.10. The lowest BCUT2D eigenvalue weighted by Crippen LogP contribution is -2.13. The van der Waals surface area contributed by atoms with Gasteiger partial charge in [-0.1, -0.05) is 17.2 Å². The van der Waals surface area contributed by atoms with Gasteiger partial charge >= 0.3 is 6.01 Å². The minimum Gasteiger partial charge on any atom is -0.494 e. The zero-order valence-electron chi connectivity index (χ0n) is 10.7. The van der Waals surface area contributed by atoms with E-state index >= 15 is 0 Å². The van der Waals surface area contributed by atoms with Crippen LogP contribution < -0.4 is 5.32 Å². The van der Waals surface area contributed by atoms with Crippen LogP contribution in [0.1, 0.15) is 16.2 Å². The predicted octanol–water partition coefficient (Wildman–Crippen LogP) is 2.27. The third-order valence-corrected chi connectivity index (χ3v) is 3.56. The topological polar surface area (TPSA) is 86.5 Å². The number of hydrogen-bond donors (Lipinski definition) is 1. The first kappa shape index (κ1) is 13.9. The number of rotatable bonds is 3. The summed E-state index contributed by atoms with van der Waals surface area (Å²) in [5, 5.41) is 10.1. The van der Waals surface area contributed by atoms with E-state index in [1.807, 2.05) is 12.1 Å². The molecule has 1 N–H and O–H groups in total. The molecule has 0 unspecified atom stereocenters. The van der Waals surface area contributed by atoms with Gasteiger partial charge in [0, 0.05) is 3.57 Å². The number of nitrogens with zero attached hydrogens (tertiary/aromatic N) is 2. The molecule has 0 fully saturated rings. The number of amides is 1. The zero-order chi connectivity index (χ0) is 14.7. The van der Waals surface area contributed by atoms with Crippen molar-refractivity contribution in [1.82, 2.24) is 10.2 Å². The Bertz CT molecular complexity index is 698. The molecule has 8 heteroatoms. The van der Waals surface area contributed by atoms with Crippen LogP contribution in [-0.2, 0) is 9.47 Å². The monoisotopic (exact) mass is 399 g/mol. The summed E-state index contributed by atoms with van der Waals surface area (Å²) in [4.78, 5) is 12.1. The van der Waals surface area contributed by atoms with Crippen molar-refractivity contribution >= 4 is 40.3 Å². The standard InChI is InChI=1S/C13H10IN3O4/c14-9-4-2-1-3-8(9)11(18)15-13-17-16-12(21-13)10-7-19-5-6-20-10/h1-4,7H,5-6H2,(H,15,17,18). The van der Waals surface area contributed by atoms with Gasteiger partial charge in [-0.05, 0) is 34.7 Å². The first-order valence-electron chi connectivity index (χ1n) is 6.08. The van der Waals surface area contributed by atoms with Crippen molar-refractivity contribution in [2.45, 2.75) is 0 Å². The van der Waals surface area contributed by atoms with Crippen LogP contribution in [0.2, 0.25) is 0 Å². The van der Waals surface area contributed by atoms with E-state index in [1.165, 1.54) is 6.26 Å². The Morgan fingerprint density at radius 2 is 2.10 bits per heavy atom. The smallest absolute Gasteiger partial charge is 0.322 e. The number of aromatic nitrogens is 2. The van der Waals surface area contributed by atoms with Gasteiger partial charge in [0.2, 0.25) is 5.76 Å². The summed E-state index contributed by atoms with van der Waals surface area (Å²) < 4.78 is 16.6. The van der Waals surface area contributed by atoms with E-state index < -0.39 is 0 Å². The Balaban J connectivity index is 1.74. The van der Waals surface area contributed by atoms with Gasteiger partial charge in [0.25, 0.3) is 11.8 Å². The highest BCUT2D eigenvalue weighted by Gasteiger charge is 2.18. The molecule has 0 saturated carbocycles. The zero-order valence-corrected chi connectivity index (χ0v) is 12.9. The second-order valence-electron chi connectivity index (χ2n) is 4.05. The second kappa shape index (κ2) is 6.12. The van der Waals surface area contributed by atoms with Gasteiger partial charge in [-0.2, -0.15) is 0 Å². The lowest BCUT2D eigenvalue weighted by atomic mass is 10.2. The highest BCUT2D eigenvalue weighted by atomic mass is 127. The molecule has 0 bridgehead atoms. The largest absolute Gasteiger partial charge is 0.494 e. The molecular formula is C13H10IN3O4. The maximum Gasteiger partial charge on any atom is 0.322 e. The molecule has 21 heavy (non-hydrogen) atoms. The van der Waals surface area contributed by atoms with E-state index in [9.17, 15) is 4.79 Å². The fourth-order valence-electron chi connectivity index (χ4n) is 1.66. The Morgan fingerprint density at radius 3 is 2.86 bits per heavy atom. The average molecular weight is 399 g/mol. The average Bonchev–Trinajstić information content (AvgIpc) is 2.97. The van der Waals surface area contributed by atoms with Crippen LogP contribution in [0.15, 0.2) is 34.9 Å². The van der Waals surface area contributed by atoms with E-state index in [0.717, 1.165) is 3.57 Å². The first-order chi connectivity index (χ1) is 10.2. The molecule has 1 aromatic heterocycles. The molecular weight excluding hydrogens is 389 g/mol. The van der Waals surface area contributed by atoms with Gasteiger partial charge in [0.15, 0.2) is 0 Å². The fraction of sp³-hybridized carbons (Fsp3) is 0.154. The van der Waals surface area contributed by atoms with Crippen LogP contribution in [0, 0.1) is 3.57 Å². The number of nitrogens with one attached hydrogen (secondary N) is 1. The molecule has 0 aliphatic carbocycles. The summed E-state index contributed by atoms with van der Waals surface area (Å²) in [5.74, 6) is 0.196. The molecule has 1 aliphatic rings. The van der Waals surface area contributed by atoms with Crippen molar-refractivity contribution in [2.75, 3.05) is 18.5 Å². The van der Waals surface area contributed by atoms with Crippen molar-refractivity contribution < 1.29 is 18.7 Å². The van der Waals surface area contributed by atoms with Gasteiger partial charge in [-0.15, -0.1) is 5.10 Å². The number of benzene rings is 1. The first-order valence-corrected chi connectivity index (χ1v) is 7.16. The number of anilines is 1. The molecule has 0 spiro atoms. The third-order valence-electron chi connectivity index (χ3n) is 2.62. The molecule has 1 aliphatic heterocycles. The minimum absolute atomic E-state index is 0.00438. The summed E-state index contributed by atoms with van der Waals surface area (Å²) in [6, 6.07) is 7.21. The number of carbonyl (C=O) groups excluding carboxylic acids is 1. The van der Waals surface area contributed by atoms with Crippen LogP contribution in [-0.4, -0.2) is 29.3 Å². The fourth-order valence-corrected chi connectivity index (χ4v) is 2.30. The van der Waals surface area contributed by atoms with E-state index in [0.29, 0.717) is 24.5 Å². The van der Waals surface area contributed by atoms with E-state index in [4.69, 9.17) is 13.9 Å². The highest BCUT2D eigenvalue weighted by Crippen LogP contribution is 2.20. The Labute approximate surface area is 133 Å². The Kier molecular flexibility index (Phi) is 4.04. The molecule has 3 rings (SSSR count). The van der Waals surface area contributed by atoms with Gasteiger partial charge in [0.1, 0.15) is 19.5 Å². The second-order valence-corrected chi connectivity index (χ2v) is 5.21. The maximum atomic E-state index is 12.1. The maximum absolute atomic E-state index is 12.1. The SMILES string of the molecule is O=C(Nc1nnc(C2=COCCO2)o1)c1ccccc1I. The number of hydrogen-bond acceptors (Lipinski definition) is 6. The van der Waals surface area contributed by atoms with E-state index in [2.05, 4.69) is 38.1 Å². The third kappa shape index (κ3) is 3.15. The summed E-state index contributed by atoms with van der Waals surface area (Å²) in [6.45, 7) is 0.895. The van der Waals surface area contributed by atoms with Crippen LogP contribution in [0.3, 0.4) is 0 Å². The molecule has 1 aromatic carbocycles. The van der Waals surface area contributed by atoms with Crippen molar-refractivity contribution in [3.8, 4) is 0 Å². The molecule has 0 atom stereocenters. The lowest BCUT2D eigenvalue weighted by molar-refractivity contribution is 0.102. The summed E-state index contributed by atoms with van der Waals surface area (Å²) in [6.07, 6.45) is 1.41. The summed E-state index contributed by atoms with van der Waals surface area (Å²) in [5.41, 5.74) is 0.536. The normalized spacial score (nSPS) is 13.9. The molecule has 2 heterocycles. The quantitative estimate of drug-likeness (QED) is 0.798. The Morgan fingerprint density at radius 1 is 1.24 bits per heavy atom. The van der Waals surface area contributed by atoms with Crippen LogP contribution in [0.25, 0.3) is 5.76 Å². The minimum atomic E-state index is -0.315. The lowest BCUT2D eigenvalue weighted by Gasteiger charge is -2.11. The van der Waals surface area contributed by atoms with Crippen LogP contribution in [0.5, 0.6) is 0 Å². The molecule has 0 radical (unpaired) electrons. The number of halogens is 1. The number of ether oxygens (including phenoxy) is 2. The summed E-state index contributed by atoms with van der Waals surface area (Å²) in [7, 11) is 0. The highest BCUT2D eigenvalue weighted by molar-refractivity contribution is 14.1. The van der Waals surface area contributed by atoms with Crippen molar-refractivity contribution in [3.63, 3.8) is 0 Å². The van der Waals surface area contributed by atoms with Gasteiger partial charge in [-0.25, -0.2) is 0 Å². The molecule has 108 valence electrons. The summed E-state index contributed by atoms with van der Waals surface area (Å²) >= 11 is 2.09. The molecule has 1 amide bonds. The van der Waals surface area contributed by atoms with Crippen molar-refractivity contribution in [1.29, 1.82) is 0 Å². The molecule has 2 aromatic rings. The molecule has 0 saturated heterocycles. The number of carbonyl (C=O) groups is 1. The molecule has 7 nitrogen and oxygen atoms in total. The predicted molar refractivity (Wildman–Crippen MR) is 81.3 cm³/mol. The van der Waals surface area contributed by atoms with Crippen LogP contribution >= 0.6 is 22.6 Å². The van der Waals surface area contributed by atoms with Crippen molar-refractivity contribution in [3.05, 3.63) is 45.6 Å².